The zero-order valence-corrected chi connectivity index (χ0v) is 9.88. The highest BCUT2D eigenvalue weighted by molar-refractivity contribution is 5.16. The summed E-state index contributed by atoms with van der Waals surface area (Å²) in [5.74, 6) is 0. The zero-order valence-electron chi connectivity index (χ0n) is 9.88. The van der Waals surface area contributed by atoms with Gasteiger partial charge < -0.3 is 5.32 Å². The number of nitrogens with zero attached hydrogens (tertiary/aromatic N) is 2. The lowest BCUT2D eigenvalue weighted by atomic mass is 10.2. The van der Waals surface area contributed by atoms with E-state index in [2.05, 4.69) is 10.3 Å². The first-order chi connectivity index (χ1) is 7.93. The number of alkyl halides is 3. The molecule has 0 unspecified atom stereocenters. The molecule has 0 aliphatic rings. The standard InChI is InChI=1S/C11H16F3N3/c1-15-5-6-17(2)8-10-4-3-9(7-16-10)11(12,13)14/h3-4,7,15H,5-6,8H2,1-2H3. The maximum atomic E-state index is 12.3. The number of hydrogen-bond acceptors (Lipinski definition) is 3. The van der Waals surface area contributed by atoms with Crippen LogP contribution in [-0.2, 0) is 12.7 Å². The Bertz CT molecular complexity index is 335. The minimum atomic E-state index is -4.32. The van der Waals surface area contributed by atoms with Crippen LogP contribution in [-0.4, -0.2) is 37.1 Å². The highest BCUT2D eigenvalue weighted by Crippen LogP contribution is 2.28. The summed E-state index contributed by atoms with van der Waals surface area (Å²) >= 11 is 0. The van der Waals surface area contributed by atoms with Crippen molar-refractivity contribution in [3.63, 3.8) is 0 Å². The minimum absolute atomic E-state index is 0.541. The Labute approximate surface area is 98.6 Å². The van der Waals surface area contributed by atoms with Crippen molar-refractivity contribution in [2.75, 3.05) is 27.2 Å². The number of aromatic nitrogens is 1. The highest BCUT2D eigenvalue weighted by Gasteiger charge is 2.30. The summed E-state index contributed by atoms with van der Waals surface area (Å²) in [4.78, 5) is 5.80. The zero-order chi connectivity index (χ0) is 12.9. The minimum Gasteiger partial charge on any atom is -0.318 e. The molecule has 1 aromatic heterocycles. The quantitative estimate of drug-likeness (QED) is 0.859. The van der Waals surface area contributed by atoms with Crippen molar-refractivity contribution < 1.29 is 13.2 Å². The van der Waals surface area contributed by atoms with Crippen LogP contribution < -0.4 is 5.32 Å². The molecule has 0 bridgehead atoms. The molecule has 17 heavy (non-hydrogen) atoms. The van der Waals surface area contributed by atoms with Crippen molar-refractivity contribution >= 4 is 0 Å². The van der Waals surface area contributed by atoms with E-state index < -0.39 is 11.7 Å². The molecule has 0 aromatic carbocycles. The molecule has 0 saturated carbocycles. The van der Waals surface area contributed by atoms with Crippen LogP contribution in [0.1, 0.15) is 11.3 Å². The Balaban J connectivity index is 2.56. The molecule has 0 amide bonds. The lowest BCUT2D eigenvalue weighted by Crippen LogP contribution is -2.27. The molecule has 6 heteroatoms. The van der Waals surface area contributed by atoms with Crippen molar-refractivity contribution in [1.82, 2.24) is 15.2 Å². The Hall–Kier alpha value is -1.14. The molecule has 3 nitrogen and oxygen atoms in total. The largest absolute Gasteiger partial charge is 0.417 e. The van der Waals surface area contributed by atoms with E-state index >= 15 is 0 Å². The first-order valence-electron chi connectivity index (χ1n) is 5.28. The van der Waals surface area contributed by atoms with Gasteiger partial charge in [0, 0.05) is 25.8 Å². The summed E-state index contributed by atoms with van der Waals surface area (Å²) < 4.78 is 36.9. The van der Waals surface area contributed by atoms with Crippen molar-refractivity contribution in [1.29, 1.82) is 0 Å². The van der Waals surface area contributed by atoms with Gasteiger partial charge in [0.05, 0.1) is 11.3 Å². The smallest absolute Gasteiger partial charge is 0.318 e. The lowest BCUT2D eigenvalue weighted by molar-refractivity contribution is -0.137. The number of halogens is 3. The van der Waals surface area contributed by atoms with Crippen LogP contribution in [0, 0.1) is 0 Å². The van der Waals surface area contributed by atoms with E-state index in [1.807, 2.05) is 19.0 Å². The van der Waals surface area contributed by atoms with Gasteiger partial charge in [-0.1, -0.05) is 0 Å². The molecule has 0 atom stereocenters. The fraction of sp³-hybridized carbons (Fsp3) is 0.545. The maximum absolute atomic E-state index is 12.3. The molecule has 96 valence electrons. The van der Waals surface area contributed by atoms with Crippen molar-refractivity contribution in [3.8, 4) is 0 Å². The SMILES string of the molecule is CNCCN(C)Cc1ccc(C(F)(F)F)cn1. The summed E-state index contributed by atoms with van der Waals surface area (Å²) in [5.41, 5.74) is -0.0734. The molecule has 0 spiro atoms. The summed E-state index contributed by atoms with van der Waals surface area (Å²) in [5, 5.41) is 3.00. The van der Waals surface area contributed by atoms with Crippen molar-refractivity contribution in [2.45, 2.75) is 12.7 Å². The molecular formula is C11H16F3N3. The van der Waals surface area contributed by atoms with Gasteiger partial charge in [0.2, 0.25) is 0 Å². The van der Waals surface area contributed by atoms with Gasteiger partial charge in [-0.3, -0.25) is 9.88 Å². The highest BCUT2D eigenvalue weighted by atomic mass is 19.4. The summed E-state index contributed by atoms with van der Waals surface area (Å²) in [7, 11) is 3.75. The van der Waals surface area contributed by atoms with Crippen LogP contribution in [0.4, 0.5) is 13.2 Å². The summed E-state index contributed by atoms with van der Waals surface area (Å²) in [6.45, 7) is 2.19. The number of likely N-dealkylation sites (N-methyl/N-ethyl adjacent to an activating group) is 2. The fourth-order valence-electron chi connectivity index (χ4n) is 1.34. The molecule has 0 aliphatic carbocycles. The predicted molar refractivity (Wildman–Crippen MR) is 59.5 cm³/mol. The first kappa shape index (κ1) is 13.9. The van der Waals surface area contributed by atoms with Crippen LogP contribution in [0.25, 0.3) is 0 Å². The third kappa shape index (κ3) is 4.70. The summed E-state index contributed by atoms with van der Waals surface area (Å²) in [6, 6.07) is 2.48. The third-order valence-electron chi connectivity index (χ3n) is 2.33. The molecule has 0 radical (unpaired) electrons. The molecule has 1 N–H and O–H groups in total. The Morgan fingerprint density at radius 3 is 2.53 bits per heavy atom. The number of rotatable bonds is 5. The van der Waals surface area contributed by atoms with Crippen LogP contribution in [0.15, 0.2) is 18.3 Å². The van der Waals surface area contributed by atoms with Crippen molar-refractivity contribution in [3.05, 3.63) is 29.6 Å². The molecule has 0 saturated heterocycles. The Kier molecular flexibility index (Phi) is 4.89. The maximum Gasteiger partial charge on any atom is 0.417 e. The van der Waals surface area contributed by atoms with E-state index in [-0.39, 0.29) is 0 Å². The van der Waals surface area contributed by atoms with E-state index in [1.165, 1.54) is 6.07 Å². The second-order valence-electron chi connectivity index (χ2n) is 3.88. The molecule has 0 aliphatic heterocycles. The van der Waals surface area contributed by atoms with Gasteiger partial charge in [-0.05, 0) is 26.2 Å². The third-order valence-corrected chi connectivity index (χ3v) is 2.33. The first-order valence-corrected chi connectivity index (χ1v) is 5.28. The van der Waals surface area contributed by atoms with Gasteiger partial charge in [0.25, 0.3) is 0 Å². The van der Waals surface area contributed by atoms with Crippen LogP contribution >= 0.6 is 0 Å². The van der Waals surface area contributed by atoms with E-state index in [0.717, 1.165) is 25.4 Å². The second kappa shape index (κ2) is 5.97. The van der Waals surface area contributed by atoms with Crippen LogP contribution in [0.5, 0.6) is 0 Å². The number of hydrogen-bond donors (Lipinski definition) is 1. The molecule has 0 fully saturated rings. The van der Waals surface area contributed by atoms with Crippen LogP contribution in [0.3, 0.4) is 0 Å². The topological polar surface area (TPSA) is 28.2 Å². The predicted octanol–water partition coefficient (Wildman–Crippen LogP) is 1.75. The number of nitrogens with one attached hydrogen (secondary N) is 1. The molecule has 1 aromatic rings. The van der Waals surface area contributed by atoms with Gasteiger partial charge in [-0.25, -0.2) is 0 Å². The van der Waals surface area contributed by atoms with E-state index in [9.17, 15) is 13.2 Å². The van der Waals surface area contributed by atoms with Gasteiger partial charge in [0.1, 0.15) is 0 Å². The fourth-order valence-corrected chi connectivity index (χ4v) is 1.34. The molecule has 1 heterocycles. The average molecular weight is 247 g/mol. The van der Waals surface area contributed by atoms with E-state index in [0.29, 0.717) is 12.2 Å². The van der Waals surface area contributed by atoms with E-state index in [1.54, 1.807) is 0 Å². The average Bonchev–Trinajstić information content (AvgIpc) is 2.26. The number of pyridine rings is 1. The second-order valence-corrected chi connectivity index (χ2v) is 3.88. The Morgan fingerprint density at radius 1 is 1.35 bits per heavy atom. The van der Waals surface area contributed by atoms with Gasteiger partial charge in [-0.2, -0.15) is 13.2 Å². The van der Waals surface area contributed by atoms with Crippen LogP contribution in [0.2, 0.25) is 0 Å². The molecular weight excluding hydrogens is 231 g/mol. The lowest BCUT2D eigenvalue weighted by Gasteiger charge is -2.16. The summed E-state index contributed by atoms with van der Waals surface area (Å²) in [6.07, 6.45) is -3.44. The van der Waals surface area contributed by atoms with Gasteiger partial charge in [0.15, 0.2) is 0 Å². The monoisotopic (exact) mass is 247 g/mol. The Morgan fingerprint density at radius 2 is 2.06 bits per heavy atom. The van der Waals surface area contributed by atoms with E-state index in [4.69, 9.17) is 0 Å². The molecule has 1 rings (SSSR count). The van der Waals surface area contributed by atoms with Crippen molar-refractivity contribution in [2.24, 2.45) is 0 Å². The van der Waals surface area contributed by atoms with Gasteiger partial charge >= 0.3 is 6.18 Å². The normalized spacial score (nSPS) is 12.1. The van der Waals surface area contributed by atoms with Gasteiger partial charge in [-0.15, -0.1) is 0 Å².